The van der Waals surface area contributed by atoms with Gasteiger partial charge in [0.15, 0.2) is 11.7 Å². The first-order valence-electron chi connectivity index (χ1n) is 9.44. The molecule has 12 heteroatoms. The van der Waals surface area contributed by atoms with E-state index >= 15 is 0 Å². The second kappa shape index (κ2) is 11.3. The molecule has 0 spiro atoms. The highest BCUT2D eigenvalue weighted by Gasteiger charge is 2.33. The van der Waals surface area contributed by atoms with Crippen molar-refractivity contribution < 1.29 is 22.7 Å². The van der Waals surface area contributed by atoms with Crippen LogP contribution in [0.25, 0.3) is 0 Å². The molecule has 30 heavy (non-hydrogen) atoms. The zero-order valence-electron chi connectivity index (χ0n) is 17.5. The summed E-state index contributed by atoms with van der Waals surface area (Å²) in [4.78, 5) is 21.7. The molecule has 0 bridgehead atoms. The van der Waals surface area contributed by atoms with Crippen LogP contribution in [0.5, 0.6) is 0 Å². The second-order valence-electron chi connectivity index (χ2n) is 7.78. The fourth-order valence-electron chi connectivity index (χ4n) is 2.82. The van der Waals surface area contributed by atoms with E-state index in [4.69, 9.17) is 4.74 Å². The summed E-state index contributed by atoms with van der Waals surface area (Å²) >= 11 is 0.990. The summed E-state index contributed by atoms with van der Waals surface area (Å²) in [6, 6.07) is 0.0131. The number of ether oxygens (including phenoxy) is 1. The number of hydrogen-bond acceptors (Lipinski definition) is 5. The third kappa shape index (κ3) is 8.82. The van der Waals surface area contributed by atoms with Gasteiger partial charge in [0.2, 0.25) is 0 Å². The highest BCUT2D eigenvalue weighted by Crippen LogP contribution is 2.30. The number of carbonyl (C=O) groups excluding carboxylic acids is 1. The highest BCUT2D eigenvalue weighted by molar-refractivity contribution is 14.0. The Bertz CT molecular complexity index is 721. The van der Waals surface area contributed by atoms with Gasteiger partial charge >= 0.3 is 12.3 Å². The Hall–Kier alpha value is -1.31. The Morgan fingerprint density at radius 1 is 1.40 bits per heavy atom. The number of guanidine groups is 1. The molecule has 0 aliphatic carbocycles. The third-order valence-corrected chi connectivity index (χ3v) is 5.02. The average Bonchev–Trinajstić information content (AvgIpc) is 3.09. The Balaban J connectivity index is 0.00000450. The van der Waals surface area contributed by atoms with Crippen molar-refractivity contribution in [3.8, 4) is 0 Å². The maximum Gasteiger partial charge on any atom is 0.434 e. The number of carbonyl (C=O) groups is 1. The molecular weight excluding hydrogens is 534 g/mol. The first-order chi connectivity index (χ1) is 13.5. The first-order valence-corrected chi connectivity index (χ1v) is 10.3. The van der Waals surface area contributed by atoms with Gasteiger partial charge in [-0.3, -0.25) is 4.99 Å². The topological polar surface area (TPSA) is 78.9 Å². The van der Waals surface area contributed by atoms with Crippen LogP contribution in [-0.2, 0) is 17.3 Å². The van der Waals surface area contributed by atoms with Gasteiger partial charge in [-0.2, -0.15) is 13.2 Å². The largest absolute Gasteiger partial charge is 0.444 e. The molecule has 0 aromatic carbocycles. The predicted molar refractivity (Wildman–Crippen MR) is 122 cm³/mol. The molecule has 172 valence electrons. The van der Waals surface area contributed by atoms with E-state index < -0.39 is 17.5 Å². The summed E-state index contributed by atoms with van der Waals surface area (Å²) in [6.07, 6.45) is -2.68. The van der Waals surface area contributed by atoms with Gasteiger partial charge in [0.1, 0.15) is 5.60 Å². The normalized spacial score (nSPS) is 17.9. The van der Waals surface area contributed by atoms with Crippen molar-refractivity contribution >= 4 is 47.4 Å². The van der Waals surface area contributed by atoms with Gasteiger partial charge in [0.25, 0.3) is 0 Å². The maximum atomic E-state index is 12.6. The van der Waals surface area contributed by atoms with E-state index in [1.807, 2.05) is 20.8 Å². The summed E-state index contributed by atoms with van der Waals surface area (Å²) < 4.78 is 43.2. The van der Waals surface area contributed by atoms with Crippen LogP contribution in [0.15, 0.2) is 10.4 Å². The minimum Gasteiger partial charge on any atom is -0.444 e. The number of likely N-dealkylation sites (tertiary alicyclic amines) is 1. The fraction of sp³-hybridized carbons (Fsp3) is 0.722. The summed E-state index contributed by atoms with van der Waals surface area (Å²) in [7, 11) is 1.62. The van der Waals surface area contributed by atoms with E-state index in [2.05, 4.69) is 20.6 Å². The molecule has 1 aliphatic heterocycles. The lowest BCUT2D eigenvalue weighted by atomic mass is 10.1. The Morgan fingerprint density at radius 3 is 2.67 bits per heavy atom. The monoisotopic (exact) mass is 563 g/mol. The van der Waals surface area contributed by atoms with Gasteiger partial charge in [0, 0.05) is 44.5 Å². The van der Waals surface area contributed by atoms with Gasteiger partial charge in [-0.05, 0) is 33.6 Å². The molecule has 1 aliphatic rings. The lowest BCUT2D eigenvalue weighted by Gasteiger charge is -2.35. The number of nitrogens with one attached hydrogen (secondary N) is 2. The minimum atomic E-state index is -4.42. The summed E-state index contributed by atoms with van der Waals surface area (Å²) in [6.45, 7) is 7.03. The molecule has 7 nitrogen and oxygen atoms in total. The molecule has 1 unspecified atom stereocenters. The van der Waals surface area contributed by atoms with E-state index in [0.29, 0.717) is 37.0 Å². The molecule has 0 radical (unpaired) electrons. The van der Waals surface area contributed by atoms with Gasteiger partial charge in [-0.15, -0.1) is 35.3 Å². The minimum absolute atomic E-state index is 0. The van der Waals surface area contributed by atoms with Crippen LogP contribution in [-0.4, -0.2) is 60.3 Å². The number of hydrogen-bond donors (Lipinski definition) is 2. The molecule has 1 amide bonds. The molecule has 2 heterocycles. The van der Waals surface area contributed by atoms with Crippen molar-refractivity contribution in [1.82, 2.24) is 20.5 Å². The Kier molecular flexibility index (Phi) is 10.1. The molecule has 1 aromatic rings. The van der Waals surface area contributed by atoms with Crippen molar-refractivity contribution in [2.24, 2.45) is 4.99 Å². The quantitative estimate of drug-likeness (QED) is 0.331. The molecular formula is C18H29F3IN5O2S. The smallest absolute Gasteiger partial charge is 0.434 e. The van der Waals surface area contributed by atoms with Crippen LogP contribution in [0, 0.1) is 0 Å². The summed E-state index contributed by atoms with van der Waals surface area (Å²) in [5.74, 6) is 0.536. The number of aliphatic imine (C=N–C) groups is 1. The maximum absolute atomic E-state index is 12.6. The fourth-order valence-corrected chi connectivity index (χ4v) is 3.62. The van der Waals surface area contributed by atoms with Crippen molar-refractivity contribution in [3.05, 3.63) is 16.1 Å². The van der Waals surface area contributed by atoms with Gasteiger partial charge in [0.05, 0.1) is 5.01 Å². The number of thiazole rings is 1. The number of rotatable bonds is 4. The molecule has 0 saturated carbocycles. The van der Waals surface area contributed by atoms with Crippen LogP contribution in [0.2, 0.25) is 0 Å². The lowest BCUT2D eigenvalue weighted by molar-refractivity contribution is -0.140. The number of aromatic nitrogens is 1. The number of piperidine rings is 1. The molecule has 1 aromatic heterocycles. The molecule has 2 rings (SSSR count). The highest BCUT2D eigenvalue weighted by atomic mass is 127. The van der Waals surface area contributed by atoms with E-state index in [1.54, 1.807) is 11.9 Å². The van der Waals surface area contributed by atoms with Crippen LogP contribution in [0.3, 0.4) is 0 Å². The molecule has 1 fully saturated rings. The second-order valence-corrected chi connectivity index (χ2v) is 8.73. The van der Waals surface area contributed by atoms with E-state index in [0.717, 1.165) is 29.6 Å². The Labute approximate surface area is 195 Å². The van der Waals surface area contributed by atoms with Crippen LogP contribution < -0.4 is 10.6 Å². The zero-order valence-corrected chi connectivity index (χ0v) is 20.7. The van der Waals surface area contributed by atoms with Gasteiger partial charge < -0.3 is 20.3 Å². The molecule has 1 saturated heterocycles. The summed E-state index contributed by atoms with van der Waals surface area (Å²) in [5, 5.41) is 7.78. The van der Waals surface area contributed by atoms with E-state index in [-0.39, 0.29) is 36.1 Å². The van der Waals surface area contributed by atoms with Gasteiger partial charge in [-0.1, -0.05) is 0 Å². The van der Waals surface area contributed by atoms with Crippen molar-refractivity contribution in [2.75, 3.05) is 26.7 Å². The number of amides is 1. The summed E-state index contributed by atoms with van der Waals surface area (Å²) in [5.41, 5.74) is -1.40. The Morgan fingerprint density at radius 2 is 2.10 bits per heavy atom. The standard InChI is InChI=1S/C18H28F3N5O2S.HI/c1-17(2,3)28-16(27)26-9-5-6-12(10-26)24-15(22-4)23-8-7-14-25-13(11-29-14)18(19,20)21;/h11-12H,5-10H2,1-4H3,(H2,22,23,24);1H. The van der Waals surface area contributed by atoms with E-state index in [9.17, 15) is 18.0 Å². The van der Waals surface area contributed by atoms with Crippen LogP contribution in [0.4, 0.5) is 18.0 Å². The SMILES string of the molecule is CN=C(NCCc1nc(C(F)(F)F)cs1)NC1CCCN(C(=O)OC(C)(C)C)C1.I. The van der Waals surface area contributed by atoms with Crippen molar-refractivity contribution in [1.29, 1.82) is 0 Å². The predicted octanol–water partition coefficient (Wildman–Crippen LogP) is 3.89. The third-order valence-electron chi connectivity index (χ3n) is 4.11. The van der Waals surface area contributed by atoms with Gasteiger partial charge in [-0.25, -0.2) is 9.78 Å². The zero-order chi connectivity index (χ0) is 21.7. The lowest BCUT2D eigenvalue weighted by Crippen LogP contribution is -2.53. The van der Waals surface area contributed by atoms with Crippen LogP contribution in [0.1, 0.15) is 44.3 Å². The van der Waals surface area contributed by atoms with E-state index in [1.165, 1.54) is 0 Å². The molecule has 2 N–H and O–H groups in total. The number of alkyl halides is 3. The molecule has 1 atom stereocenters. The van der Waals surface area contributed by atoms with Crippen molar-refractivity contribution in [3.63, 3.8) is 0 Å². The number of nitrogens with zero attached hydrogens (tertiary/aromatic N) is 3. The van der Waals surface area contributed by atoms with Crippen LogP contribution >= 0.6 is 35.3 Å². The first kappa shape index (κ1) is 26.7. The number of halogens is 4. The van der Waals surface area contributed by atoms with Crippen molar-refractivity contribution in [2.45, 2.75) is 57.9 Å². The average molecular weight is 563 g/mol.